The Balaban J connectivity index is 1.38. The highest BCUT2D eigenvalue weighted by atomic mass is 35.5. The summed E-state index contributed by atoms with van der Waals surface area (Å²) < 4.78 is 31.6. The summed E-state index contributed by atoms with van der Waals surface area (Å²) in [6, 6.07) is 14.0. The molecule has 0 aliphatic carbocycles. The first-order valence-corrected chi connectivity index (χ1v) is 10.5. The lowest BCUT2D eigenvalue weighted by Gasteiger charge is -2.06. The molecule has 166 valence electrons. The molecule has 0 aliphatic heterocycles. The third-order valence-corrected chi connectivity index (χ3v) is 5.52. The van der Waals surface area contributed by atoms with E-state index in [0.717, 1.165) is 0 Å². The Labute approximate surface area is 191 Å². The van der Waals surface area contributed by atoms with Gasteiger partial charge in [-0.3, -0.25) is 13.9 Å². The third-order valence-electron chi connectivity index (χ3n) is 5.28. The van der Waals surface area contributed by atoms with Crippen molar-refractivity contribution in [3.63, 3.8) is 0 Å². The van der Waals surface area contributed by atoms with Gasteiger partial charge in [-0.15, -0.1) is 10.2 Å². The van der Waals surface area contributed by atoms with Gasteiger partial charge in [-0.1, -0.05) is 23.7 Å². The van der Waals surface area contributed by atoms with Gasteiger partial charge in [0.25, 0.3) is 5.91 Å². The minimum Gasteiger partial charge on any atom is -0.350 e. The number of nitrogens with one attached hydrogen (secondary N) is 1. The van der Waals surface area contributed by atoms with Gasteiger partial charge >= 0.3 is 0 Å². The second kappa shape index (κ2) is 8.59. The van der Waals surface area contributed by atoms with Crippen molar-refractivity contribution in [2.24, 2.45) is 0 Å². The van der Waals surface area contributed by atoms with Gasteiger partial charge in [0.15, 0.2) is 11.3 Å². The molecule has 5 rings (SSSR count). The molecule has 7 nitrogen and oxygen atoms in total. The van der Waals surface area contributed by atoms with E-state index < -0.39 is 17.5 Å². The van der Waals surface area contributed by atoms with Gasteiger partial charge in [0.1, 0.15) is 17.5 Å². The summed E-state index contributed by atoms with van der Waals surface area (Å²) in [7, 11) is 0. The number of rotatable bonds is 6. The smallest absolute Gasteiger partial charge is 0.272 e. The number of hydrogen-bond acceptors (Lipinski definition) is 4. The average Bonchev–Trinajstić information content (AvgIpc) is 3.37. The Kier molecular flexibility index (Phi) is 5.47. The zero-order chi connectivity index (χ0) is 22.9. The Morgan fingerprint density at radius 1 is 1.06 bits per heavy atom. The number of halogens is 3. The highest BCUT2D eigenvalue weighted by molar-refractivity contribution is 6.30. The van der Waals surface area contributed by atoms with Crippen LogP contribution in [0.25, 0.3) is 16.6 Å². The maximum absolute atomic E-state index is 14.3. The number of nitrogens with zero attached hydrogens (tertiary/aromatic N) is 5. The van der Waals surface area contributed by atoms with E-state index in [1.807, 2.05) is 28.8 Å². The fourth-order valence-electron chi connectivity index (χ4n) is 3.68. The molecule has 5 aromatic rings. The van der Waals surface area contributed by atoms with Crippen molar-refractivity contribution in [2.45, 2.75) is 13.0 Å². The van der Waals surface area contributed by atoms with Crippen LogP contribution in [0.4, 0.5) is 8.78 Å². The van der Waals surface area contributed by atoms with Crippen LogP contribution in [0.2, 0.25) is 5.02 Å². The van der Waals surface area contributed by atoms with E-state index in [9.17, 15) is 13.6 Å². The highest BCUT2D eigenvalue weighted by Gasteiger charge is 2.19. The summed E-state index contributed by atoms with van der Waals surface area (Å²) in [4.78, 5) is 12.9. The highest BCUT2D eigenvalue weighted by Crippen LogP contribution is 2.23. The van der Waals surface area contributed by atoms with Gasteiger partial charge in [-0.05, 0) is 42.5 Å². The van der Waals surface area contributed by atoms with E-state index in [4.69, 9.17) is 11.6 Å². The Hall–Kier alpha value is -3.85. The lowest BCUT2D eigenvalue weighted by atomic mass is 10.2. The number of carbonyl (C=O) groups excluding carboxylic acids is 1. The van der Waals surface area contributed by atoms with Crippen molar-refractivity contribution in [1.82, 2.24) is 29.7 Å². The van der Waals surface area contributed by atoms with Gasteiger partial charge in [-0.25, -0.2) is 8.78 Å². The lowest BCUT2D eigenvalue weighted by Crippen LogP contribution is -2.27. The first-order chi connectivity index (χ1) is 16.0. The zero-order valence-corrected chi connectivity index (χ0v) is 17.9. The second-order valence-electron chi connectivity index (χ2n) is 7.45. The summed E-state index contributed by atoms with van der Waals surface area (Å²) in [5.74, 6) is -0.746. The largest absolute Gasteiger partial charge is 0.350 e. The molecular formula is C23H17ClF2N6O. The average molecular weight is 467 g/mol. The van der Waals surface area contributed by atoms with E-state index in [-0.39, 0.29) is 23.8 Å². The summed E-state index contributed by atoms with van der Waals surface area (Å²) >= 11 is 5.83. The Bertz CT molecular complexity index is 1500. The predicted molar refractivity (Wildman–Crippen MR) is 119 cm³/mol. The van der Waals surface area contributed by atoms with Crippen LogP contribution in [0.3, 0.4) is 0 Å². The molecule has 0 bridgehead atoms. The lowest BCUT2D eigenvalue weighted by molar-refractivity contribution is 0.0949. The molecule has 3 aromatic heterocycles. The fraction of sp³-hybridized carbons (Fsp3) is 0.130. The Morgan fingerprint density at radius 2 is 1.94 bits per heavy atom. The summed E-state index contributed by atoms with van der Waals surface area (Å²) in [6.07, 6.45) is 2.29. The van der Waals surface area contributed by atoms with E-state index in [1.165, 1.54) is 28.9 Å². The number of fused-ring (bicyclic) bond motifs is 2. The van der Waals surface area contributed by atoms with Crippen molar-refractivity contribution in [3.8, 4) is 0 Å². The molecule has 0 aliphatic rings. The van der Waals surface area contributed by atoms with E-state index in [2.05, 4.69) is 20.6 Å². The van der Waals surface area contributed by atoms with Gasteiger partial charge in [0, 0.05) is 35.1 Å². The molecule has 1 N–H and O–H groups in total. The molecule has 10 heteroatoms. The van der Waals surface area contributed by atoms with Crippen molar-refractivity contribution >= 4 is 34.1 Å². The van der Waals surface area contributed by atoms with Crippen LogP contribution in [0, 0.1) is 11.6 Å². The Morgan fingerprint density at radius 3 is 2.79 bits per heavy atom. The summed E-state index contributed by atoms with van der Waals surface area (Å²) in [6.45, 7) is 0.341. The zero-order valence-electron chi connectivity index (χ0n) is 17.2. The standard InChI is InChI=1S/C23H17ClF2N6O/c24-15-5-4-14(18(26)11-15)13-32-19-7-6-16(25)12-17(19)22(30-32)23(33)27-9-8-21-29-28-20-3-1-2-10-31(20)21/h1-7,10-12H,8-9,13H2,(H,27,33). The van der Waals surface area contributed by atoms with Crippen LogP contribution in [-0.4, -0.2) is 36.8 Å². The molecule has 0 unspecified atom stereocenters. The number of aromatic nitrogens is 5. The number of pyridine rings is 1. The molecule has 0 radical (unpaired) electrons. The fourth-order valence-corrected chi connectivity index (χ4v) is 3.84. The maximum Gasteiger partial charge on any atom is 0.272 e. The van der Waals surface area contributed by atoms with Crippen LogP contribution in [0.1, 0.15) is 21.9 Å². The van der Waals surface area contributed by atoms with Crippen LogP contribution in [0.5, 0.6) is 0 Å². The molecular weight excluding hydrogens is 450 g/mol. The molecule has 2 aromatic carbocycles. The third kappa shape index (κ3) is 4.14. The van der Waals surface area contributed by atoms with Gasteiger partial charge in [-0.2, -0.15) is 5.10 Å². The van der Waals surface area contributed by atoms with Crippen molar-refractivity contribution in [2.75, 3.05) is 6.54 Å². The number of carbonyl (C=O) groups is 1. The van der Waals surface area contributed by atoms with Crippen molar-refractivity contribution < 1.29 is 13.6 Å². The van der Waals surface area contributed by atoms with Gasteiger partial charge in [0.05, 0.1) is 12.1 Å². The SMILES string of the molecule is O=C(NCCc1nnc2ccccn12)c1nn(Cc2ccc(Cl)cc2F)c2ccc(F)cc12. The minimum absolute atomic E-state index is 0.0597. The van der Waals surface area contributed by atoms with Crippen LogP contribution in [0.15, 0.2) is 60.8 Å². The number of benzene rings is 2. The molecule has 0 saturated carbocycles. The molecule has 3 heterocycles. The maximum atomic E-state index is 14.3. The van der Waals surface area contributed by atoms with Crippen LogP contribution < -0.4 is 5.32 Å². The van der Waals surface area contributed by atoms with Crippen LogP contribution in [-0.2, 0) is 13.0 Å². The normalized spacial score (nSPS) is 11.4. The van der Waals surface area contributed by atoms with Crippen molar-refractivity contribution in [3.05, 3.63) is 94.5 Å². The molecule has 0 saturated heterocycles. The molecule has 0 fully saturated rings. The number of hydrogen-bond donors (Lipinski definition) is 1. The quantitative estimate of drug-likeness (QED) is 0.410. The number of amides is 1. The van der Waals surface area contributed by atoms with E-state index >= 15 is 0 Å². The molecule has 0 spiro atoms. The van der Waals surface area contributed by atoms with E-state index in [0.29, 0.717) is 34.4 Å². The van der Waals surface area contributed by atoms with E-state index in [1.54, 1.807) is 12.1 Å². The van der Waals surface area contributed by atoms with Gasteiger partial charge in [0.2, 0.25) is 0 Å². The molecule has 1 amide bonds. The first-order valence-electron chi connectivity index (χ1n) is 10.2. The molecule has 33 heavy (non-hydrogen) atoms. The first kappa shape index (κ1) is 21.0. The van der Waals surface area contributed by atoms with Gasteiger partial charge < -0.3 is 5.32 Å². The predicted octanol–water partition coefficient (Wildman–Crippen LogP) is 4.03. The minimum atomic E-state index is -0.497. The van der Waals surface area contributed by atoms with Crippen molar-refractivity contribution in [1.29, 1.82) is 0 Å². The van der Waals surface area contributed by atoms with Crippen LogP contribution >= 0.6 is 11.6 Å². The summed E-state index contributed by atoms with van der Waals surface area (Å²) in [5.41, 5.74) is 1.64. The topological polar surface area (TPSA) is 77.1 Å². The molecule has 0 atom stereocenters. The second-order valence-corrected chi connectivity index (χ2v) is 7.89. The summed E-state index contributed by atoms with van der Waals surface area (Å²) in [5, 5.41) is 16.0. The monoisotopic (exact) mass is 466 g/mol.